The molecule has 0 fully saturated rings. The van der Waals surface area contributed by atoms with Gasteiger partial charge in [-0.1, -0.05) is 18.2 Å². The third kappa shape index (κ3) is 4.74. The molecule has 7 nitrogen and oxygen atoms in total. The van der Waals surface area contributed by atoms with Gasteiger partial charge in [0.2, 0.25) is 5.91 Å². The third-order valence-corrected chi connectivity index (χ3v) is 5.24. The number of aromatic nitrogens is 3. The Labute approximate surface area is 190 Å². The van der Waals surface area contributed by atoms with Gasteiger partial charge in [-0.2, -0.15) is 0 Å². The van der Waals surface area contributed by atoms with Gasteiger partial charge in [0.15, 0.2) is 0 Å². The molecular weight excluding hydrogens is 421 g/mol. The lowest BCUT2D eigenvalue weighted by atomic mass is 10.1. The van der Waals surface area contributed by atoms with Crippen molar-refractivity contribution in [3.05, 3.63) is 77.9 Å². The van der Waals surface area contributed by atoms with Gasteiger partial charge < -0.3 is 15.2 Å². The number of benzene rings is 2. The third-order valence-electron chi connectivity index (χ3n) is 5.24. The fourth-order valence-corrected chi connectivity index (χ4v) is 3.79. The number of nitrogens with one attached hydrogen (secondary N) is 2. The van der Waals surface area contributed by atoms with Crippen molar-refractivity contribution in [2.45, 2.75) is 26.8 Å². The smallest absolute Gasteiger partial charge is 0.251 e. The number of aryl methyl sites for hydroxylation is 1. The van der Waals surface area contributed by atoms with Crippen LogP contribution < -0.4 is 10.6 Å². The zero-order valence-electron chi connectivity index (χ0n) is 18.4. The van der Waals surface area contributed by atoms with E-state index < -0.39 is 5.82 Å². The van der Waals surface area contributed by atoms with Crippen molar-refractivity contribution < 1.29 is 14.0 Å². The van der Waals surface area contributed by atoms with E-state index >= 15 is 0 Å². The molecule has 2 aromatic carbocycles. The van der Waals surface area contributed by atoms with Crippen LogP contribution in [0.1, 0.15) is 29.9 Å². The maximum atomic E-state index is 14.5. The van der Waals surface area contributed by atoms with E-state index in [0.29, 0.717) is 53.2 Å². The molecule has 0 aliphatic rings. The van der Waals surface area contributed by atoms with Crippen LogP contribution in [0.25, 0.3) is 22.4 Å². The minimum Gasteiger partial charge on any atom is -0.352 e. The fourth-order valence-electron chi connectivity index (χ4n) is 3.79. The topological polar surface area (TPSA) is 88.9 Å². The van der Waals surface area contributed by atoms with Crippen LogP contribution in [0.5, 0.6) is 0 Å². The Balaban J connectivity index is 1.72. The Kier molecular flexibility index (Phi) is 6.44. The Bertz CT molecular complexity index is 1320. The van der Waals surface area contributed by atoms with Crippen LogP contribution in [0.3, 0.4) is 0 Å². The highest BCUT2D eigenvalue weighted by atomic mass is 19.1. The highest BCUT2D eigenvalue weighted by molar-refractivity contribution is 6.05. The van der Waals surface area contributed by atoms with E-state index in [0.717, 1.165) is 5.69 Å². The predicted octanol–water partition coefficient (Wildman–Crippen LogP) is 4.19. The molecule has 2 heterocycles. The number of pyridine rings is 1. The minimum atomic E-state index is -0.393. The molecule has 0 saturated heterocycles. The lowest BCUT2D eigenvalue weighted by molar-refractivity contribution is -0.114. The van der Waals surface area contributed by atoms with Gasteiger partial charge in [0.1, 0.15) is 11.6 Å². The van der Waals surface area contributed by atoms with Gasteiger partial charge in [-0.3, -0.25) is 14.6 Å². The van der Waals surface area contributed by atoms with Gasteiger partial charge in [0, 0.05) is 43.9 Å². The highest BCUT2D eigenvalue weighted by Crippen LogP contribution is 2.32. The number of hydrogen-bond donors (Lipinski definition) is 2. The number of amides is 2. The molecule has 8 heteroatoms. The molecule has 33 heavy (non-hydrogen) atoms. The van der Waals surface area contributed by atoms with Crippen LogP contribution in [-0.4, -0.2) is 32.9 Å². The summed E-state index contributed by atoms with van der Waals surface area (Å²) in [6, 6.07) is 15.3. The number of hydrogen-bond acceptors (Lipinski definition) is 4. The van der Waals surface area contributed by atoms with Crippen molar-refractivity contribution in [3.8, 4) is 11.4 Å². The Morgan fingerprint density at radius 1 is 1.09 bits per heavy atom. The molecule has 0 radical (unpaired) electrons. The largest absolute Gasteiger partial charge is 0.352 e. The van der Waals surface area contributed by atoms with Crippen LogP contribution in [0.15, 0.2) is 60.8 Å². The molecule has 2 N–H and O–H groups in total. The number of nitrogens with zero attached hydrogens (tertiary/aromatic N) is 3. The molecule has 0 aliphatic carbocycles. The van der Waals surface area contributed by atoms with Gasteiger partial charge in [-0.25, -0.2) is 9.37 Å². The summed E-state index contributed by atoms with van der Waals surface area (Å²) in [5.41, 5.74) is 3.17. The van der Waals surface area contributed by atoms with E-state index in [9.17, 15) is 14.0 Å². The lowest BCUT2D eigenvalue weighted by Gasteiger charge is -2.12. The molecule has 2 amide bonds. The molecule has 2 aromatic heterocycles. The second-order valence-corrected chi connectivity index (χ2v) is 7.56. The molecule has 0 atom stereocenters. The SMILES string of the molecule is CCn1c(-c2ccccc2F)nc2cc(C(=O)NCCc3ccccn3)cc(NC(C)=O)c21. The van der Waals surface area contributed by atoms with E-state index in [4.69, 9.17) is 0 Å². The van der Waals surface area contributed by atoms with Crippen molar-refractivity contribution in [2.75, 3.05) is 11.9 Å². The first-order valence-corrected chi connectivity index (χ1v) is 10.7. The molecule has 168 valence electrons. The maximum absolute atomic E-state index is 14.5. The van der Waals surface area contributed by atoms with Crippen molar-refractivity contribution >= 4 is 28.5 Å². The van der Waals surface area contributed by atoms with Gasteiger partial charge in [-0.15, -0.1) is 0 Å². The van der Waals surface area contributed by atoms with E-state index in [1.54, 1.807) is 36.5 Å². The summed E-state index contributed by atoms with van der Waals surface area (Å²) in [5.74, 6) is -0.529. The fraction of sp³-hybridized carbons (Fsp3) is 0.200. The minimum absolute atomic E-state index is 0.277. The van der Waals surface area contributed by atoms with Crippen molar-refractivity contribution in [1.29, 1.82) is 0 Å². The first-order chi connectivity index (χ1) is 16.0. The molecule has 0 aliphatic heterocycles. The number of halogens is 1. The quantitative estimate of drug-likeness (QED) is 0.447. The van der Waals surface area contributed by atoms with Crippen LogP contribution in [-0.2, 0) is 17.8 Å². The Morgan fingerprint density at radius 3 is 2.58 bits per heavy atom. The monoisotopic (exact) mass is 445 g/mol. The summed E-state index contributed by atoms with van der Waals surface area (Å²) in [6.07, 6.45) is 2.30. The molecule has 0 spiro atoms. The summed E-state index contributed by atoms with van der Waals surface area (Å²) < 4.78 is 16.4. The van der Waals surface area contributed by atoms with Crippen LogP contribution in [0.2, 0.25) is 0 Å². The first kappa shape index (κ1) is 22.1. The van der Waals surface area contributed by atoms with Crippen LogP contribution >= 0.6 is 0 Å². The Hall–Kier alpha value is -4.07. The van der Waals surface area contributed by atoms with E-state index in [1.807, 2.05) is 29.7 Å². The normalized spacial score (nSPS) is 10.9. The predicted molar refractivity (Wildman–Crippen MR) is 125 cm³/mol. The van der Waals surface area contributed by atoms with Crippen LogP contribution in [0.4, 0.5) is 10.1 Å². The lowest BCUT2D eigenvalue weighted by Crippen LogP contribution is -2.26. The van der Waals surface area contributed by atoms with Crippen LogP contribution in [0, 0.1) is 5.82 Å². The molecule has 4 rings (SSSR count). The van der Waals surface area contributed by atoms with Gasteiger partial charge in [0.25, 0.3) is 5.91 Å². The van der Waals surface area contributed by atoms with Crippen molar-refractivity contribution in [3.63, 3.8) is 0 Å². The highest BCUT2D eigenvalue weighted by Gasteiger charge is 2.20. The Morgan fingerprint density at radius 2 is 1.88 bits per heavy atom. The standard InChI is InChI=1S/C25H24FN5O2/c1-3-31-23-21(29-16(2)32)14-17(25(33)28-13-11-18-8-6-7-12-27-18)15-22(23)30-24(31)19-9-4-5-10-20(19)26/h4-10,12,14-15H,3,11,13H2,1-2H3,(H,28,33)(H,29,32). The summed E-state index contributed by atoms with van der Waals surface area (Å²) >= 11 is 0. The summed E-state index contributed by atoms with van der Waals surface area (Å²) in [7, 11) is 0. The second-order valence-electron chi connectivity index (χ2n) is 7.56. The van der Waals surface area contributed by atoms with Gasteiger partial charge >= 0.3 is 0 Å². The second kappa shape index (κ2) is 9.60. The van der Waals surface area contributed by atoms with Crippen molar-refractivity contribution in [1.82, 2.24) is 19.9 Å². The van der Waals surface area contributed by atoms with Gasteiger partial charge in [-0.05, 0) is 43.3 Å². The van der Waals surface area contributed by atoms with E-state index in [-0.39, 0.29) is 11.8 Å². The average Bonchev–Trinajstić information content (AvgIpc) is 3.18. The molecule has 4 aromatic rings. The number of rotatable bonds is 7. The van der Waals surface area contributed by atoms with E-state index in [1.165, 1.54) is 13.0 Å². The summed E-state index contributed by atoms with van der Waals surface area (Å²) in [4.78, 5) is 33.6. The number of anilines is 1. The number of fused-ring (bicyclic) bond motifs is 1. The molecule has 0 bridgehead atoms. The molecule has 0 saturated carbocycles. The zero-order valence-corrected chi connectivity index (χ0v) is 18.4. The van der Waals surface area contributed by atoms with Gasteiger partial charge in [0.05, 0.1) is 22.3 Å². The molecular formula is C25H24FN5O2. The van der Waals surface area contributed by atoms with Crippen molar-refractivity contribution in [2.24, 2.45) is 0 Å². The van der Waals surface area contributed by atoms with E-state index in [2.05, 4.69) is 20.6 Å². The summed E-state index contributed by atoms with van der Waals surface area (Å²) in [6.45, 7) is 4.23. The number of imidazole rings is 1. The number of carbonyl (C=O) groups excluding carboxylic acids is 2. The maximum Gasteiger partial charge on any atom is 0.251 e. The number of carbonyl (C=O) groups is 2. The summed E-state index contributed by atoms with van der Waals surface area (Å²) in [5, 5.41) is 5.68. The average molecular weight is 445 g/mol. The zero-order chi connectivity index (χ0) is 23.4. The molecule has 0 unspecified atom stereocenters. The first-order valence-electron chi connectivity index (χ1n) is 10.7.